The van der Waals surface area contributed by atoms with E-state index in [4.69, 9.17) is 0 Å². The molecule has 3 rings (SSSR count). The molecule has 0 amide bonds. The summed E-state index contributed by atoms with van der Waals surface area (Å²) < 4.78 is 0. The van der Waals surface area contributed by atoms with Crippen LogP contribution in [-0.4, -0.2) is 36.4 Å². The molecule has 1 saturated heterocycles. The number of piperidine rings is 1. The van der Waals surface area contributed by atoms with E-state index >= 15 is 0 Å². The highest BCUT2D eigenvalue weighted by Gasteiger charge is 2.35. The summed E-state index contributed by atoms with van der Waals surface area (Å²) in [7, 11) is 0. The second kappa shape index (κ2) is 7.24. The molecule has 3 aliphatic rings. The Hall–Kier alpha value is -0.120. The molecule has 0 bridgehead atoms. The van der Waals surface area contributed by atoms with Crippen LogP contribution in [0.3, 0.4) is 0 Å². The summed E-state index contributed by atoms with van der Waals surface area (Å²) in [6.07, 6.45) is 13.4. The third-order valence-corrected chi connectivity index (χ3v) is 5.93. The molecule has 0 aromatic carbocycles. The SMILES string of the molecule is OCC1CCCC(NC2CCCC2C2CCCCN2)C1. The lowest BCUT2D eigenvalue weighted by molar-refractivity contribution is 0.157. The molecule has 3 fully saturated rings. The summed E-state index contributed by atoms with van der Waals surface area (Å²) in [4.78, 5) is 0. The summed E-state index contributed by atoms with van der Waals surface area (Å²) in [6.45, 7) is 1.61. The van der Waals surface area contributed by atoms with Gasteiger partial charge < -0.3 is 15.7 Å². The van der Waals surface area contributed by atoms with Crippen molar-refractivity contribution in [3.63, 3.8) is 0 Å². The number of rotatable bonds is 4. The first kappa shape index (κ1) is 14.8. The zero-order valence-electron chi connectivity index (χ0n) is 12.8. The average Bonchev–Trinajstić information content (AvgIpc) is 2.96. The minimum absolute atomic E-state index is 0.385. The van der Waals surface area contributed by atoms with Gasteiger partial charge in [0, 0.05) is 24.7 Å². The molecule has 0 spiro atoms. The number of hydrogen-bond acceptors (Lipinski definition) is 3. The van der Waals surface area contributed by atoms with Gasteiger partial charge in [0.05, 0.1) is 0 Å². The largest absolute Gasteiger partial charge is 0.396 e. The molecule has 0 radical (unpaired) electrons. The lowest BCUT2D eigenvalue weighted by atomic mass is 9.84. The molecule has 3 nitrogen and oxygen atoms in total. The molecule has 116 valence electrons. The highest BCUT2D eigenvalue weighted by atomic mass is 16.3. The molecule has 3 heteroatoms. The van der Waals surface area contributed by atoms with E-state index in [1.165, 1.54) is 70.8 Å². The van der Waals surface area contributed by atoms with Crippen molar-refractivity contribution in [2.45, 2.75) is 82.3 Å². The molecule has 3 N–H and O–H groups in total. The van der Waals surface area contributed by atoms with E-state index in [1.54, 1.807) is 0 Å². The number of aliphatic hydroxyl groups is 1. The first-order chi connectivity index (χ1) is 9.86. The van der Waals surface area contributed by atoms with Crippen molar-refractivity contribution in [2.24, 2.45) is 11.8 Å². The quantitative estimate of drug-likeness (QED) is 0.741. The van der Waals surface area contributed by atoms with Crippen molar-refractivity contribution in [3.05, 3.63) is 0 Å². The maximum absolute atomic E-state index is 9.39. The highest BCUT2D eigenvalue weighted by Crippen LogP contribution is 2.33. The predicted molar refractivity (Wildman–Crippen MR) is 82.7 cm³/mol. The summed E-state index contributed by atoms with van der Waals surface area (Å²) in [5.41, 5.74) is 0. The van der Waals surface area contributed by atoms with E-state index in [0.717, 1.165) is 18.0 Å². The van der Waals surface area contributed by atoms with Crippen LogP contribution in [0.5, 0.6) is 0 Å². The number of hydrogen-bond donors (Lipinski definition) is 3. The van der Waals surface area contributed by atoms with Gasteiger partial charge in [-0.15, -0.1) is 0 Å². The van der Waals surface area contributed by atoms with Gasteiger partial charge in [0.1, 0.15) is 0 Å². The van der Waals surface area contributed by atoms with Gasteiger partial charge in [-0.3, -0.25) is 0 Å². The second-order valence-corrected chi connectivity index (χ2v) is 7.34. The molecular formula is C17H32N2O. The smallest absolute Gasteiger partial charge is 0.0459 e. The molecule has 0 aromatic rings. The maximum atomic E-state index is 9.39. The standard InChI is InChI=1S/C17H32N2O/c20-12-13-5-3-6-14(11-13)19-17-9-4-7-15(17)16-8-1-2-10-18-16/h13-20H,1-12H2. The fourth-order valence-corrected chi connectivity index (χ4v) is 4.83. The van der Waals surface area contributed by atoms with E-state index in [0.29, 0.717) is 18.6 Å². The number of aliphatic hydroxyl groups excluding tert-OH is 1. The summed E-state index contributed by atoms with van der Waals surface area (Å²) in [5, 5.41) is 17.1. The molecule has 20 heavy (non-hydrogen) atoms. The van der Waals surface area contributed by atoms with Crippen LogP contribution >= 0.6 is 0 Å². The molecular weight excluding hydrogens is 248 g/mol. The van der Waals surface area contributed by atoms with Crippen LogP contribution < -0.4 is 10.6 Å². The molecule has 2 aliphatic carbocycles. The summed E-state index contributed by atoms with van der Waals surface area (Å²) >= 11 is 0. The van der Waals surface area contributed by atoms with Crippen molar-refractivity contribution in [1.82, 2.24) is 10.6 Å². The Labute approximate surface area is 123 Å². The fraction of sp³-hybridized carbons (Fsp3) is 1.00. The first-order valence-electron chi connectivity index (χ1n) is 8.97. The minimum Gasteiger partial charge on any atom is -0.396 e. The lowest BCUT2D eigenvalue weighted by Gasteiger charge is -2.37. The van der Waals surface area contributed by atoms with Crippen molar-refractivity contribution >= 4 is 0 Å². The Morgan fingerprint density at radius 3 is 2.65 bits per heavy atom. The Kier molecular flexibility index (Phi) is 5.36. The number of nitrogens with one attached hydrogen (secondary N) is 2. The van der Waals surface area contributed by atoms with Crippen molar-refractivity contribution in [3.8, 4) is 0 Å². The average molecular weight is 280 g/mol. The van der Waals surface area contributed by atoms with E-state index in [1.807, 2.05) is 0 Å². The lowest BCUT2D eigenvalue weighted by Crippen LogP contribution is -2.50. The van der Waals surface area contributed by atoms with Crippen LogP contribution in [0.2, 0.25) is 0 Å². The van der Waals surface area contributed by atoms with Gasteiger partial charge >= 0.3 is 0 Å². The molecule has 5 atom stereocenters. The van der Waals surface area contributed by atoms with Gasteiger partial charge in [0.25, 0.3) is 0 Å². The van der Waals surface area contributed by atoms with Crippen molar-refractivity contribution < 1.29 is 5.11 Å². The van der Waals surface area contributed by atoms with Crippen LogP contribution in [0.1, 0.15) is 64.2 Å². The second-order valence-electron chi connectivity index (χ2n) is 7.34. The van der Waals surface area contributed by atoms with E-state index in [2.05, 4.69) is 10.6 Å². The van der Waals surface area contributed by atoms with E-state index in [-0.39, 0.29) is 0 Å². The van der Waals surface area contributed by atoms with Crippen molar-refractivity contribution in [2.75, 3.05) is 13.2 Å². The van der Waals surface area contributed by atoms with Crippen LogP contribution in [0.25, 0.3) is 0 Å². The predicted octanol–water partition coefficient (Wildman–Crippen LogP) is 2.44. The molecule has 1 heterocycles. The zero-order chi connectivity index (χ0) is 13.8. The Morgan fingerprint density at radius 1 is 0.950 bits per heavy atom. The van der Waals surface area contributed by atoms with Gasteiger partial charge in [-0.05, 0) is 63.3 Å². The molecule has 0 aromatic heterocycles. The summed E-state index contributed by atoms with van der Waals surface area (Å²) in [6, 6.07) is 2.16. The third-order valence-electron chi connectivity index (χ3n) is 5.93. The van der Waals surface area contributed by atoms with E-state index in [9.17, 15) is 5.11 Å². The van der Waals surface area contributed by atoms with Gasteiger partial charge in [-0.25, -0.2) is 0 Å². The van der Waals surface area contributed by atoms with Gasteiger partial charge in [-0.2, -0.15) is 0 Å². The zero-order valence-corrected chi connectivity index (χ0v) is 12.8. The fourth-order valence-electron chi connectivity index (χ4n) is 4.83. The van der Waals surface area contributed by atoms with Crippen LogP contribution in [0.4, 0.5) is 0 Å². The van der Waals surface area contributed by atoms with Gasteiger partial charge in [-0.1, -0.05) is 19.3 Å². The van der Waals surface area contributed by atoms with Crippen LogP contribution in [0, 0.1) is 11.8 Å². The monoisotopic (exact) mass is 280 g/mol. The third kappa shape index (κ3) is 3.55. The topological polar surface area (TPSA) is 44.3 Å². The Morgan fingerprint density at radius 2 is 1.85 bits per heavy atom. The normalized spacial score (nSPS) is 42.8. The van der Waals surface area contributed by atoms with Gasteiger partial charge in [0.2, 0.25) is 0 Å². The Bertz CT molecular complexity index is 291. The Balaban J connectivity index is 1.52. The maximum Gasteiger partial charge on any atom is 0.0459 e. The molecule has 2 saturated carbocycles. The van der Waals surface area contributed by atoms with Crippen LogP contribution in [0.15, 0.2) is 0 Å². The first-order valence-corrected chi connectivity index (χ1v) is 8.97. The van der Waals surface area contributed by atoms with Crippen molar-refractivity contribution in [1.29, 1.82) is 0 Å². The van der Waals surface area contributed by atoms with Crippen LogP contribution in [-0.2, 0) is 0 Å². The molecule has 5 unspecified atom stereocenters. The summed E-state index contributed by atoms with van der Waals surface area (Å²) in [5.74, 6) is 1.40. The van der Waals surface area contributed by atoms with Gasteiger partial charge in [0.15, 0.2) is 0 Å². The highest BCUT2D eigenvalue weighted by molar-refractivity contribution is 4.94. The van der Waals surface area contributed by atoms with E-state index < -0.39 is 0 Å². The molecule has 1 aliphatic heterocycles. The minimum atomic E-state index is 0.385.